The summed E-state index contributed by atoms with van der Waals surface area (Å²) in [4.78, 5) is 28.1. The van der Waals surface area contributed by atoms with E-state index in [0.717, 1.165) is 28.5 Å². The summed E-state index contributed by atoms with van der Waals surface area (Å²) in [5.74, 6) is 0.357. The average molecular weight is 459 g/mol. The number of rotatable bonds is 5. The van der Waals surface area contributed by atoms with Crippen molar-refractivity contribution < 1.29 is 14.3 Å². The normalized spacial score (nSPS) is 15.5. The standard InChI is InChI=1S/C25H22N4O3S/c1-32-18-10-4-9-17(15-18)23-27-28-25(33-23)26-22(30)21-13-6-14-29(21)24(31)20-12-5-8-16-7-2-3-11-19(16)20/h2-5,7-12,15,21H,6,13-14H2,1H3,(H,26,28,30). The number of nitrogens with zero attached hydrogens (tertiary/aromatic N) is 3. The van der Waals surface area contributed by atoms with Gasteiger partial charge < -0.3 is 9.64 Å². The Kier molecular flexibility index (Phi) is 5.75. The molecule has 8 heteroatoms. The number of nitrogens with one attached hydrogen (secondary N) is 1. The highest BCUT2D eigenvalue weighted by Crippen LogP contribution is 2.30. The highest BCUT2D eigenvalue weighted by atomic mass is 32.1. The Bertz CT molecular complexity index is 1330. The summed E-state index contributed by atoms with van der Waals surface area (Å²) in [6.07, 6.45) is 1.39. The summed E-state index contributed by atoms with van der Waals surface area (Å²) in [6.45, 7) is 0.547. The first-order chi connectivity index (χ1) is 16.1. The molecular weight excluding hydrogens is 436 g/mol. The highest BCUT2D eigenvalue weighted by molar-refractivity contribution is 7.18. The molecule has 1 saturated heterocycles. The average Bonchev–Trinajstić information content (AvgIpc) is 3.53. The number of carbonyl (C=O) groups is 2. The number of aromatic nitrogens is 2. The van der Waals surface area contributed by atoms with E-state index in [1.54, 1.807) is 12.0 Å². The van der Waals surface area contributed by atoms with Crippen LogP contribution in [0.1, 0.15) is 23.2 Å². The lowest BCUT2D eigenvalue weighted by Gasteiger charge is -2.24. The Balaban J connectivity index is 1.33. The Hall–Kier alpha value is -3.78. The smallest absolute Gasteiger partial charge is 0.255 e. The number of ether oxygens (including phenoxy) is 1. The topological polar surface area (TPSA) is 84.4 Å². The molecule has 33 heavy (non-hydrogen) atoms. The summed E-state index contributed by atoms with van der Waals surface area (Å²) < 4.78 is 5.26. The van der Waals surface area contributed by atoms with Gasteiger partial charge >= 0.3 is 0 Å². The summed E-state index contributed by atoms with van der Waals surface area (Å²) >= 11 is 1.29. The maximum Gasteiger partial charge on any atom is 0.255 e. The van der Waals surface area contributed by atoms with Gasteiger partial charge in [-0.2, -0.15) is 0 Å². The molecule has 2 amide bonds. The Morgan fingerprint density at radius 2 is 1.88 bits per heavy atom. The lowest BCUT2D eigenvalue weighted by atomic mass is 10.0. The molecule has 1 aliphatic heterocycles. The molecule has 1 fully saturated rings. The molecule has 1 N–H and O–H groups in total. The van der Waals surface area contributed by atoms with Crippen LogP contribution in [0.5, 0.6) is 5.75 Å². The van der Waals surface area contributed by atoms with Crippen LogP contribution < -0.4 is 10.1 Å². The first-order valence-corrected chi connectivity index (χ1v) is 11.5. The van der Waals surface area contributed by atoms with Gasteiger partial charge in [0.15, 0.2) is 0 Å². The Morgan fingerprint density at radius 1 is 1.06 bits per heavy atom. The van der Waals surface area contributed by atoms with Crippen molar-refractivity contribution in [2.75, 3.05) is 19.0 Å². The first kappa shape index (κ1) is 21.1. The maximum absolute atomic E-state index is 13.4. The van der Waals surface area contributed by atoms with E-state index in [-0.39, 0.29) is 11.8 Å². The SMILES string of the molecule is COc1cccc(-c2nnc(NC(=O)C3CCCN3C(=O)c3cccc4ccccc34)s2)c1. The van der Waals surface area contributed by atoms with E-state index in [9.17, 15) is 9.59 Å². The second kappa shape index (κ2) is 8.99. The monoisotopic (exact) mass is 458 g/mol. The van der Waals surface area contributed by atoms with Crippen molar-refractivity contribution in [1.29, 1.82) is 0 Å². The van der Waals surface area contributed by atoms with Gasteiger partial charge in [-0.1, -0.05) is 59.9 Å². The van der Waals surface area contributed by atoms with Crippen molar-refractivity contribution in [2.45, 2.75) is 18.9 Å². The molecule has 2 heterocycles. The first-order valence-electron chi connectivity index (χ1n) is 10.7. The molecule has 0 saturated carbocycles. The van der Waals surface area contributed by atoms with Gasteiger partial charge in [0.05, 0.1) is 7.11 Å². The largest absolute Gasteiger partial charge is 0.497 e. The molecule has 0 radical (unpaired) electrons. The van der Waals surface area contributed by atoms with Crippen LogP contribution in [0.25, 0.3) is 21.3 Å². The second-order valence-corrected chi connectivity index (χ2v) is 8.79. The van der Waals surface area contributed by atoms with E-state index in [1.165, 1.54) is 11.3 Å². The lowest BCUT2D eigenvalue weighted by Crippen LogP contribution is -2.43. The number of amides is 2. The van der Waals surface area contributed by atoms with Crippen molar-refractivity contribution in [3.8, 4) is 16.3 Å². The highest BCUT2D eigenvalue weighted by Gasteiger charge is 2.35. The van der Waals surface area contributed by atoms with Gasteiger partial charge in [0.25, 0.3) is 5.91 Å². The van der Waals surface area contributed by atoms with Crippen LogP contribution >= 0.6 is 11.3 Å². The van der Waals surface area contributed by atoms with Crippen molar-refractivity contribution >= 4 is 39.1 Å². The van der Waals surface area contributed by atoms with Gasteiger partial charge in [0, 0.05) is 17.7 Å². The zero-order valence-electron chi connectivity index (χ0n) is 18.0. The van der Waals surface area contributed by atoms with Gasteiger partial charge in [-0.15, -0.1) is 10.2 Å². The van der Waals surface area contributed by atoms with Crippen LogP contribution in [0.3, 0.4) is 0 Å². The third-order valence-electron chi connectivity index (χ3n) is 5.81. The number of hydrogen-bond donors (Lipinski definition) is 1. The number of methoxy groups -OCH3 is 1. The van der Waals surface area contributed by atoms with Crippen LogP contribution in [-0.2, 0) is 4.79 Å². The Morgan fingerprint density at radius 3 is 2.76 bits per heavy atom. The van der Waals surface area contributed by atoms with E-state index >= 15 is 0 Å². The lowest BCUT2D eigenvalue weighted by molar-refractivity contribution is -0.119. The number of benzene rings is 3. The fraction of sp³-hybridized carbons (Fsp3) is 0.200. The number of fused-ring (bicyclic) bond motifs is 1. The van der Waals surface area contributed by atoms with Gasteiger partial charge in [-0.05, 0) is 41.8 Å². The fourth-order valence-electron chi connectivity index (χ4n) is 4.18. The van der Waals surface area contributed by atoms with E-state index in [1.807, 2.05) is 66.7 Å². The molecule has 1 atom stereocenters. The molecule has 166 valence electrons. The number of carbonyl (C=O) groups excluding carboxylic acids is 2. The van der Waals surface area contributed by atoms with Gasteiger partial charge in [0.1, 0.15) is 16.8 Å². The second-order valence-electron chi connectivity index (χ2n) is 7.82. The molecular formula is C25H22N4O3S. The fourth-order valence-corrected chi connectivity index (χ4v) is 4.93. The number of hydrogen-bond acceptors (Lipinski definition) is 6. The van der Waals surface area contributed by atoms with Gasteiger partial charge in [-0.3, -0.25) is 14.9 Å². The third-order valence-corrected chi connectivity index (χ3v) is 6.70. The summed E-state index contributed by atoms with van der Waals surface area (Å²) in [6, 6.07) is 20.4. The van der Waals surface area contributed by atoms with Crippen molar-refractivity contribution in [1.82, 2.24) is 15.1 Å². The van der Waals surface area contributed by atoms with Crippen LogP contribution in [-0.4, -0.2) is 46.6 Å². The number of likely N-dealkylation sites (tertiary alicyclic amines) is 1. The predicted molar refractivity (Wildman–Crippen MR) is 129 cm³/mol. The third kappa shape index (κ3) is 4.17. The maximum atomic E-state index is 13.4. The molecule has 0 aliphatic carbocycles. The Labute approximate surface area is 195 Å². The van der Waals surface area contributed by atoms with Crippen LogP contribution in [0, 0.1) is 0 Å². The molecule has 3 aromatic carbocycles. The van der Waals surface area contributed by atoms with Gasteiger partial charge in [0.2, 0.25) is 11.0 Å². The zero-order chi connectivity index (χ0) is 22.8. The van der Waals surface area contributed by atoms with Crippen molar-refractivity contribution in [3.63, 3.8) is 0 Å². The van der Waals surface area contributed by atoms with E-state index < -0.39 is 6.04 Å². The van der Waals surface area contributed by atoms with E-state index in [0.29, 0.717) is 28.7 Å². The molecule has 4 aromatic rings. The molecule has 1 aromatic heterocycles. The van der Waals surface area contributed by atoms with Crippen LogP contribution in [0.2, 0.25) is 0 Å². The molecule has 5 rings (SSSR count). The molecule has 1 unspecified atom stereocenters. The van der Waals surface area contributed by atoms with Crippen molar-refractivity contribution in [3.05, 3.63) is 72.3 Å². The summed E-state index contributed by atoms with van der Waals surface area (Å²) in [7, 11) is 1.61. The minimum absolute atomic E-state index is 0.126. The predicted octanol–water partition coefficient (Wildman–Crippen LogP) is 4.61. The zero-order valence-corrected chi connectivity index (χ0v) is 18.8. The minimum atomic E-state index is -0.541. The van der Waals surface area contributed by atoms with Crippen molar-refractivity contribution in [2.24, 2.45) is 0 Å². The van der Waals surface area contributed by atoms with Crippen LogP contribution in [0.15, 0.2) is 66.7 Å². The van der Waals surface area contributed by atoms with Gasteiger partial charge in [-0.25, -0.2) is 0 Å². The molecule has 7 nitrogen and oxygen atoms in total. The van der Waals surface area contributed by atoms with Crippen LogP contribution in [0.4, 0.5) is 5.13 Å². The summed E-state index contributed by atoms with van der Waals surface area (Å²) in [5, 5.41) is 14.2. The van der Waals surface area contributed by atoms with E-state index in [2.05, 4.69) is 15.5 Å². The molecule has 1 aliphatic rings. The molecule has 0 bridgehead atoms. The number of anilines is 1. The summed E-state index contributed by atoms with van der Waals surface area (Å²) in [5.41, 5.74) is 1.48. The molecule has 0 spiro atoms. The van der Waals surface area contributed by atoms with E-state index in [4.69, 9.17) is 4.74 Å². The quantitative estimate of drug-likeness (QED) is 0.472. The minimum Gasteiger partial charge on any atom is -0.497 e.